The Balaban J connectivity index is 1.60. The van der Waals surface area contributed by atoms with Crippen LogP contribution >= 0.6 is 0 Å². The molecular formula is C19H26N2O2. The molecule has 0 radical (unpaired) electrons. The van der Waals surface area contributed by atoms with Crippen molar-refractivity contribution < 1.29 is 9.53 Å². The van der Waals surface area contributed by atoms with Crippen molar-refractivity contribution in [3.8, 4) is 0 Å². The first-order valence-corrected chi connectivity index (χ1v) is 8.42. The number of carbonyl (C=O) groups excluding carboxylic acids is 1. The standard InChI is InChI=1S/C19H26N2O2/c1-19(2)11-17(21-13-19)12-20-18(22)16-5-3-4-15(10-16)14-6-8-23-9-7-14/h3-6,10,17,21H,7-9,11-13H2,1-2H3,(H,20,22). The number of rotatable bonds is 4. The fourth-order valence-corrected chi connectivity index (χ4v) is 3.34. The van der Waals surface area contributed by atoms with E-state index in [9.17, 15) is 4.79 Å². The summed E-state index contributed by atoms with van der Waals surface area (Å²) in [5.41, 5.74) is 3.45. The molecule has 1 fully saturated rings. The Bertz CT molecular complexity index is 607. The van der Waals surface area contributed by atoms with Crippen molar-refractivity contribution in [1.82, 2.24) is 10.6 Å². The molecule has 2 N–H and O–H groups in total. The highest BCUT2D eigenvalue weighted by Gasteiger charge is 2.30. The number of benzene rings is 1. The third kappa shape index (κ3) is 4.21. The lowest BCUT2D eigenvalue weighted by Gasteiger charge is -2.16. The van der Waals surface area contributed by atoms with Crippen molar-refractivity contribution in [3.63, 3.8) is 0 Å². The van der Waals surface area contributed by atoms with Crippen LogP contribution in [0.5, 0.6) is 0 Å². The van der Waals surface area contributed by atoms with E-state index in [1.165, 1.54) is 5.57 Å². The Morgan fingerprint density at radius 1 is 1.43 bits per heavy atom. The topological polar surface area (TPSA) is 50.4 Å². The van der Waals surface area contributed by atoms with Crippen LogP contribution in [0.4, 0.5) is 0 Å². The molecule has 1 aromatic carbocycles. The monoisotopic (exact) mass is 314 g/mol. The van der Waals surface area contributed by atoms with Crippen LogP contribution in [0.2, 0.25) is 0 Å². The normalized spacial score (nSPS) is 23.4. The maximum Gasteiger partial charge on any atom is 0.251 e. The highest BCUT2D eigenvalue weighted by Crippen LogP contribution is 2.26. The molecule has 4 heteroatoms. The van der Waals surface area contributed by atoms with Gasteiger partial charge < -0.3 is 15.4 Å². The summed E-state index contributed by atoms with van der Waals surface area (Å²) in [7, 11) is 0. The molecule has 124 valence electrons. The van der Waals surface area contributed by atoms with Crippen LogP contribution in [0.1, 0.15) is 42.6 Å². The summed E-state index contributed by atoms with van der Waals surface area (Å²) in [6.07, 6.45) is 4.11. The van der Waals surface area contributed by atoms with E-state index in [-0.39, 0.29) is 5.91 Å². The van der Waals surface area contributed by atoms with E-state index in [1.807, 2.05) is 18.2 Å². The van der Waals surface area contributed by atoms with Crippen LogP contribution < -0.4 is 10.6 Å². The van der Waals surface area contributed by atoms with E-state index < -0.39 is 0 Å². The number of hydrogen-bond acceptors (Lipinski definition) is 3. The van der Waals surface area contributed by atoms with E-state index in [0.717, 1.165) is 37.1 Å². The van der Waals surface area contributed by atoms with Gasteiger partial charge in [-0.2, -0.15) is 0 Å². The Kier molecular flexibility index (Phi) is 4.83. The Labute approximate surface area is 138 Å². The zero-order valence-corrected chi connectivity index (χ0v) is 14.0. The number of carbonyl (C=O) groups is 1. The first-order chi connectivity index (χ1) is 11.0. The van der Waals surface area contributed by atoms with E-state index in [0.29, 0.717) is 24.6 Å². The van der Waals surface area contributed by atoms with Gasteiger partial charge in [0.15, 0.2) is 0 Å². The van der Waals surface area contributed by atoms with Gasteiger partial charge in [-0.05, 0) is 41.5 Å². The predicted molar refractivity (Wildman–Crippen MR) is 92.4 cm³/mol. The van der Waals surface area contributed by atoms with Crippen molar-refractivity contribution in [3.05, 3.63) is 41.5 Å². The minimum atomic E-state index is 0.00557. The summed E-state index contributed by atoms with van der Waals surface area (Å²) >= 11 is 0. The van der Waals surface area contributed by atoms with Gasteiger partial charge in [-0.15, -0.1) is 0 Å². The molecule has 1 unspecified atom stereocenters. The first-order valence-electron chi connectivity index (χ1n) is 8.42. The molecule has 2 aliphatic rings. The van der Waals surface area contributed by atoms with Gasteiger partial charge in [-0.1, -0.05) is 32.1 Å². The summed E-state index contributed by atoms with van der Waals surface area (Å²) in [6, 6.07) is 8.26. The SMILES string of the molecule is CC1(C)CNC(CNC(=O)c2cccc(C3=CCOCC3)c2)C1. The molecule has 0 spiro atoms. The van der Waals surface area contributed by atoms with Crippen LogP contribution in [0.15, 0.2) is 30.3 Å². The van der Waals surface area contributed by atoms with E-state index in [4.69, 9.17) is 4.74 Å². The number of ether oxygens (including phenoxy) is 1. The molecule has 0 aromatic heterocycles. The summed E-state index contributed by atoms with van der Waals surface area (Å²) < 4.78 is 5.35. The smallest absolute Gasteiger partial charge is 0.251 e. The quantitative estimate of drug-likeness (QED) is 0.898. The molecule has 1 saturated heterocycles. The second kappa shape index (κ2) is 6.85. The molecule has 1 atom stereocenters. The lowest BCUT2D eigenvalue weighted by Crippen LogP contribution is -2.37. The Morgan fingerprint density at radius 3 is 3.00 bits per heavy atom. The van der Waals surface area contributed by atoms with E-state index >= 15 is 0 Å². The van der Waals surface area contributed by atoms with Crippen LogP contribution in [-0.4, -0.2) is 38.3 Å². The van der Waals surface area contributed by atoms with Gasteiger partial charge in [0.25, 0.3) is 5.91 Å². The Morgan fingerprint density at radius 2 is 2.30 bits per heavy atom. The van der Waals surface area contributed by atoms with Gasteiger partial charge in [-0.25, -0.2) is 0 Å². The lowest BCUT2D eigenvalue weighted by atomic mass is 9.90. The lowest BCUT2D eigenvalue weighted by molar-refractivity contribution is 0.0950. The molecule has 4 nitrogen and oxygen atoms in total. The zero-order chi connectivity index (χ0) is 16.3. The molecule has 0 saturated carbocycles. The molecule has 2 heterocycles. The van der Waals surface area contributed by atoms with Crippen LogP contribution in [0.25, 0.3) is 5.57 Å². The van der Waals surface area contributed by atoms with Gasteiger partial charge in [0.2, 0.25) is 0 Å². The molecule has 23 heavy (non-hydrogen) atoms. The van der Waals surface area contributed by atoms with Crippen LogP contribution in [-0.2, 0) is 4.74 Å². The molecular weight excluding hydrogens is 288 g/mol. The highest BCUT2D eigenvalue weighted by atomic mass is 16.5. The molecule has 3 rings (SSSR count). The minimum absolute atomic E-state index is 0.00557. The van der Waals surface area contributed by atoms with E-state index in [2.05, 4.69) is 36.6 Å². The van der Waals surface area contributed by atoms with Gasteiger partial charge in [0, 0.05) is 24.7 Å². The van der Waals surface area contributed by atoms with Crippen molar-refractivity contribution in [2.45, 2.75) is 32.7 Å². The average molecular weight is 314 g/mol. The summed E-state index contributed by atoms with van der Waals surface area (Å²) in [4.78, 5) is 12.4. The van der Waals surface area contributed by atoms with Crippen molar-refractivity contribution in [1.29, 1.82) is 0 Å². The van der Waals surface area contributed by atoms with Gasteiger partial charge in [0.1, 0.15) is 0 Å². The minimum Gasteiger partial charge on any atom is -0.377 e. The summed E-state index contributed by atoms with van der Waals surface area (Å²) in [6.45, 7) is 7.63. The van der Waals surface area contributed by atoms with Gasteiger partial charge >= 0.3 is 0 Å². The largest absolute Gasteiger partial charge is 0.377 e. The van der Waals surface area contributed by atoms with E-state index in [1.54, 1.807) is 0 Å². The second-order valence-corrected chi connectivity index (χ2v) is 7.29. The fraction of sp³-hybridized carbons (Fsp3) is 0.526. The fourth-order valence-electron chi connectivity index (χ4n) is 3.34. The number of amides is 1. The Hall–Kier alpha value is -1.65. The van der Waals surface area contributed by atoms with Crippen LogP contribution in [0.3, 0.4) is 0 Å². The van der Waals surface area contributed by atoms with Crippen LogP contribution in [0, 0.1) is 5.41 Å². The average Bonchev–Trinajstić information content (AvgIpc) is 2.93. The number of hydrogen-bond donors (Lipinski definition) is 2. The molecule has 1 aromatic rings. The third-order valence-corrected chi connectivity index (χ3v) is 4.64. The first kappa shape index (κ1) is 16.2. The molecule has 1 amide bonds. The summed E-state index contributed by atoms with van der Waals surface area (Å²) in [5, 5.41) is 6.54. The van der Waals surface area contributed by atoms with Crippen molar-refractivity contribution in [2.24, 2.45) is 5.41 Å². The van der Waals surface area contributed by atoms with Crippen molar-refractivity contribution in [2.75, 3.05) is 26.3 Å². The predicted octanol–water partition coefficient (Wildman–Crippen LogP) is 2.61. The van der Waals surface area contributed by atoms with Gasteiger partial charge in [-0.3, -0.25) is 4.79 Å². The second-order valence-electron chi connectivity index (χ2n) is 7.29. The van der Waals surface area contributed by atoms with Gasteiger partial charge in [0.05, 0.1) is 13.2 Å². The molecule has 0 aliphatic carbocycles. The number of nitrogens with one attached hydrogen (secondary N) is 2. The zero-order valence-electron chi connectivity index (χ0n) is 14.0. The third-order valence-electron chi connectivity index (χ3n) is 4.64. The summed E-state index contributed by atoms with van der Waals surface area (Å²) in [5.74, 6) is 0.00557. The molecule has 0 bridgehead atoms. The maximum atomic E-state index is 12.4. The van der Waals surface area contributed by atoms with Crippen molar-refractivity contribution >= 4 is 11.5 Å². The highest BCUT2D eigenvalue weighted by molar-refractivity contribution is 5.95. The molecule has 2 aliphatic heterocycles. The maximum absolute atomic E-state index is 12.4.